The highest BCUT2D eigenvalue weighted by molar-refractivity contribution is 6.30. The summed E-state index contributed by atoms with van der Waals surface area (Å²) in [6.07, 6.45) is 2.48. The van der Waals surface area contributed by atoms with E-state index in [-0.39, 0.29) is 5.91 Å². The maximum Gasteiger partial charge on any atom is 0.244 e. The summed E-state index contributed by atoms with van der Waals surface area (Å²) < 4.78 is 0. The fourth-order valence-electron chi connectivity index (χ4n) is 2.78. The zero-order chi connectivity index (χ0) is 17.6. The standard InChI is InChI=1S/C17H21ClN6O/c1-13(25)23-7-9-24(10-8-23)16-12-20-22-17(21-16)19-6-5-14-3-2-4-15(18)11-14/h2-4,11-12H,5-10H2,1H3,(H,19,21,22). The van der Waals surface area contributed by atoms with Crippen molar-refractivity contribution in [1.82, 2.24) is 20.1 Å². The normalized spacial score (nSPS) is 14.5. The van der Waals surface area contributed by atoms with Gasteiger partial charge in [0.25, 0.3) is 0 Å². The maximum atomic E-state index is 11.4. The molecule has 8 heteroatoms. The third-order valence-corrected chi connectivity index (χ3v) is 4.42. The minimum Gasteiger partial charge on any atom is -0.353 e. The first-order chi connectivity index (χ1) is 12.1. The molecule has 1 fully saturated rings. The fraction of sp³-hybridized carbons (Fsp3) is 0.412. The Hall–Kier alpha value is -2.41. The van der Waals surface area contributed by atoms with Crippen LogP contribution in [-0.4, -0.2) is 58.7 Å². The zero-order valence-electron chi connectivity index (χ0n) is 14.2. The molecule has 2 heterocycles. The van der Waals surface area contributed by atoms with Crippen molar-refractivity contribution >= 4 is 29.3 Å². The molecule has 1 aromatic heterocycles. The summed E-state index contributed by atoms with van der Waals surface area (Å²) in [5, 5.41) is 12.0. The molecule has 0 unspecified atom stereocenters. The van der Waals surface area contributed by atoms with Crippen LogP contribution < -0.4 is 10.2 Å². The number of halogens is 1. The van der Waals surface area contributed by atoms with Crippen LogP contribution in [0.5, 0.6) is 0 Å². The molecule has 0 saturated carbocycles. The van der Waals surface area contributed by atoms with Gasteiger partial charge in [0.05, 0.1) is 6.20 Å². The SMILES string of the molecule is CC(=O)N1CCN(c2cnnc(NCCc3cccc(Cl)c3)n2)CC1. The van der Waals surface area contributed by atoms with E-state index in [1.165, 1.54) is 0 Å². The molecule has 25 heavy (non-hydrogen) atoms. The van der Waals surface area contributed by atoms with Crippen LogP contribution in [0.4, 0.5) is 11.8 Å². The van der Waals surface area contributed by atoms with Gasteiger partial charge in [0, 0.05) is 44.7 Å². The highest BCUT2D eigenvalue weighted by Crippen LogP contribution is 2.14. The Morgan fingerprint density at radius 3 is 2.80 bits per heavy atom. The van der Waals surface area contributed by atoms with Gasteiger partial charge in [0.1, 0.15) is 0 Å². The molecule has 1 N–H and O–H groups in total. The van der Waals surface area contributed by atoms with Crippen molar-refractivity contribution in [2.24, 2.45) is 0 Å². The van der Waals surface area contributed by atoms with Crippen LogP contribution in [0.3, 0.4) is 0 Å². The number of nitrogens with one attached hydrogen (secondary N) is 1. The van der Waals surface area contributed by atoms with Gasteiger partial charge < -0.3 is 15.1 Å². The molecule has 1 aromatic carbocycles. The molecule has 1 saturated heterocycles. The highest BCUT2D eigenvalue weighted by Gasteiger charge is 2.20. The van der Waals surface area contributed by atoms with E-state index in [2.05, 4.69) is 25.4 Å². The molecule has 2 aromatic rings. The maximum absolute atomic E-state index is 11.4. The number of hydrogen-bond donors (Lipinski definition) is 1. The topological polar surface area (TPSA) is 74.2 Å². The third-order valence-electron chi connectivity index (χ3n) is 4.18. The van der Waals surface area contributed by atoms with Crippen molar-refractivity contribution in [3.63, 3.8) is 0 Å². The first kappa shape index (κ1) is 17.4. The van der Waals surface area contributed by atoms with Crippen molar-refractivity contribution in [2.45, 2.75) is 13.3 Å². The van der Waals surface area contributed by atoms with Gasteiger partial charge in [-0.2, -0.15) is 10.1 Å². The number of carbonyl (C=O) groups excluding carboxylic acids is 1. The van der Waals surface area contributed by atoms with Crippen LogP contribution >= 0.6 is 11.6 Å². The lowest BCUT2D eigenvalue weighted by atomic mass is 10.1. The lowest BCUT2D eigenvalue weighted by molar-refractivity contribution is -0.129. The minimum absolute atomic E-state index is 0.115. The predicted octanol–water partition coefficient (Wildman–Crippen LogP) is 1.85. The molecule has 0 radical (unpaired) electrons. The molecule has 0 spiro atoms. The second-order valence-electron chi connectivity index (χ2n) is 5.94. The van der Waals surface area contributed by atoms with Gasteiger partial charge in [-0.3, -0.25) is 4.79 Å². The van der Waals surface area contributed by atoms with Crippen LogP contribution in [0.2, 0.25) is 5.02 Å². The largest absolute Gasteiger partial charge is 0.353 e. The van der Waals surface area contributed by atoms with Crippen molar-refractivity contribution < 1.29 is 4.79 Å². The molecule has 3 rings (SSSR count). The van der Waals surface area contributed by atoms with E-state index in [0.717, 1.165) is 35.9 Å². The predicted molar refractivity (Wildman–Crippen MR) is 97.9 cm³/mol. The van der Waals surface area contributed by atoms with E-state index in [4.69, 9.17) is 11.6 Å². The fourth-order valence-corrected chi connectivity index (χ4v) is 3.00. The molecular formula is C17H21ClN6O. The lowest BCUT2D eigenvalue weighted by Gasteiger charge is -2.34. The average molecular weight is 361 g/mol. The summed E-state index contributed by atoms with van der Waals surface area (Å²) in [7, 11) is 0. The van der Waals surface area contributed by atoms with Crippen molar-refractivity contribution in [3.05, 3.63) is 41.0 Å². The van der Waals surface area contributed by atoms with E-state index in [9.17, 15) is 4.79 Å². The van der Waals surface area contributed by atoms with Gasteiger partial charge >= 0.3 is 0 Å². The number of amides is 1. The number of rotatable bonds is 5. The van der Waals surface area contributed by atoms with Crippen molar-refractivity contribution in [1.29, 1.82) is 0 Å². The Balaban J connectivity index is 1.54. The Bertz CT molecular complexity index is 733. The Kier molecular flexibility index (Phi) is 5.65. The van der Waals surface area contributed by atoms with Crippen LogP contribution in [-0.2, 0) is 11.2 Å². The van der Waals surface area contributed by atoms with E-state index >= 15 is 0 Å². The first-order valence-corrected chi connectivity index (χ1v) is 8.68. The minimum atomic E-state index is 0.115. The Morgan fingerprint density at radius 2 is 2.08 bits per heavy atom. The van der Waals surface area contributed by atoms with E-state index in [1.54, 1.807) is 13.1 Å². The second kappa shape index (κ2) is 8.11. The molecule has 7 nitrogen and oxygen atoms in total. The van der Waals surface area contributed by atoms with Gasteiger partial charge in [-0.05, 0) is 24.1 Å². The van der Waals surface area contributed by atoms with E-state index in [0.29, 0.717) is 25.6 Å². The summed E-state index contributed by atoms with van der Waals surface area (Å²) in [6.45, 7) is 5.21. The Morgan fingerprint density at radius 1 is 1.28 bits per heavy atom. The molecule has 0 aliphatic carbocycles. The quantitative estimate of drug-likeness (QED) is 0.877. The molecule has 132 valence electrons. The smallest absolute Gasteiger partial charge is 0.244 e. The molecular weight excluding hydrogens is 340 g/mol. The highest BCUT2D eigenvalue weighted by atomic mass is 35.5. The van der Waals surface area contributed by atoms with Gasteiger partial charge in [-0.15, -0.1) is 5.10 Å². The van der Waals surface area contributed by atoms with Gasteiger partial charge in [0.2, 0.25) is 11.9 Å². The first-order valence-electron chi connectivity index (χ1n) is 8.30. The number of anilines is 2. The van der Waals surface area contributed by atoms with Gasteiger partial charge in [-0.1, -0.05) is 23.7 Å². The van der Waals surface area contributed by atoms with Crippen LogP contribution in [0.1, 0.15) is 12.5 Å². The average Bonchev–Trinajstić information content (AvgIpc) is 2.62. The molecule has 0 atom stereocenters. The van der Waals surface area contributed by atoms with Gasteiger partial charge in [0.15, 0.2) is 5.82 Å². The number of aromatic nitrogens is 3. The number of nitrogens with zero attached hydrogens (tertiary/aromatic N) is 5. The number of piperazine rings is 1. The number of carbonyl (C=O) groups is 1. The van der Waals surface area contributed by atoms with Crippen molar-refractivity contribution in [3.8, 4) is 0 Å². The van der Waals surface area contributed by atoms with Gasteiger partial charge in [-0.25, -0.2) is 0 Å². The molecule has 1 amide bonds. The molecule has 1 aliphatic heterocycles. The molecule has 1 aliphatic rings. The number of benzene rings is 1. The van der Waals surface area contributed by atoms with Crippen molar-refractivity contribution in [2.75, 3.05) is 42.9 Å². The molecule has 0 bridgehead atoms. The summed E-state index contributed by atoms with van der Waals surface area (Å²) in [4.78, 5) is 19.9. The summed E-state index contributed by atoms with van der Waals surface area (Å²) >= 11 is 5.99. The summed E-state index contributed by atoms with van der Waals surface area (Å²) in [5.74, 6) is 1.40. The monoisotopic (exact) mass is 360 g/mol. The summed E-state index contributed by atoms with van der Waals surface area (Å²) in [5.41, 5.74) is 1.16. The Labute approximate surface area is 152 Å². The lowest BCUT2D eigenvalue weighted by Crippen LogP contribution is -2.48. The van der Waals surface area contributed by atoms with E-state index < -0.39 is 0 Å². The van der Waals surface area contributed by atoms with E-state index in [1.807, 2.05) is 29.2 Å². The van der Waals surface area contributed by atoms with Crippen LogP contribution in [0.25, 0.3) is 0 Å². The zero-order valence-corrected chi connectivity index (χ0v) is 14.9. The number of hydrogen-bond acceptors (Lipinski definition) is 6. The second-order valence-corrected chi connectivity index (χ2v) is 6.37. The van der Waals surface area contributed by atoms with Crippen LogP contribution in [0, 0.1) is 0 Å². The van der Waals surface area contributed by atoms with Crippen LogP contribution in [0.15, 0.2) is 30.5 Å². The third kappa shape index (κ3) is 4.79. The summed E-state index contributed by atoms with van der Waals surface area (Å²) in [6, 6.07) is 7.79.